The number of rotatable bonds is 4. The maximum Gasteiger partial charge on any atom is 0.128 e. The van der Waals surface area contributed by atoms with Gasteiger partial charge in [-0.3, -0.25) is 0 Å². The third kappa shape index (κ3) is 3.58. The van der Waals surface area contributed by atoms with Crippen molar-refractivity contribution in [3.63, 3.8) is 0 Å². The Bertz CT molecular complexity index is 437. The Morgan fingerprint density at radius 3 is 2.70 bits per heavy atom. The van der Waals surface area contributed by atoms with Crippen LogP contribution < -0.4 is 0 Å². The first-order valence-corrected chi connectivity index (χ1v) is 7.65. The Kier molecular flexibility index (Phi) is 5.17. The van der Waals surface area contributed by atoms with Crippen molar-refractivity contribution < 1.29 is 9.50 Å². The number of benzene rings is 1. The summed E-state index contributed by atoms with van der Waals surface area (Å²) in [7, 11) is 0. The first-order chi connectivity index (χ1) is 9.49. The van der Waals surface area contributed by atoms with Gasteiger partial charge in [-0.15, -0.1) is 0 Å². The first kappa shape index (κ1) is 15.5. The van der Waals surface area contributed by atoms with Crippen LogP contribution in [0.25, 0.3) is 0 Å². The fraction of sp³-hybridized carbons (Fsp3) is 0.647. The van der Waals surface area contributed by atoms with Crippen molar-refractivity contribution in [2.24, 2.45) is 11.8 Å². The van der Waals surface area contributed by atoms with Gasteiger partial charge in [0.05, 0.1) is 6.10 Å². The van der Waals surface area contributed by atoms with Crippen LogP contribution in [0, 0.1) is 17.7 Å². The molecule has 0 aromatic heterocycles. The molecule has 0 spiro atoms. The predicted octanol–water partition coefficient (Wildman–Crippen LogP) is 3.62. The molecule has 1 aliphatic heterocycles. The van der Waals surface area contributed by atoms with Gasteiger partial charge in [0.1, 0.15) is 5.82 Å². The SMILES string of the molecule is CC1CC(C)C(C)N(CCC(O)c2ccccc2F)C1. The van der Waals surface area contributed by atoms with Crippen LogP contribution in [0.5, 0.6) is 0 Å². The molecular weight excluding hydrogens is 253 g/mol. The summed E-state index contributed by atoms with van der Waals surface area (Å²) >= 11 is 0. The number of likely N-dealkylation sites (tertiary alicyclic amines) is 1. The lowest BCUT2D eigenvalue weighted by Crippen LogP contribution is -2.46. The number of aliphatic hydroxyl groups is 1. The Labute approximate surface area is 121 Å². The Morgan fingerprint density at radius 2 is 2.00 bits per heavy atom. The Morgan fingerprint density at radius 1 is 1.30 bits per heavy atom. The minimum absolute atomic E-state index is 0.312. The fourth-order valence-electron chi connectivity index (χ4n) is 3.32. The zero-order valence-corrected chi connectivity index (χ0v) is 12.7. The summed E-state index contributed by atoms with van der Waals surface area (Å²) in [4.78, 5) is 2.43. The maximum atomic E-state index is 13.6. The van der Waals surface area contributed by atoms with Gasteiger partial charge in [0, 0.05) is 24.7 Å². The second-order valence-corrected chi connectivity index (χ2v) is 6.38. The standard InChI is InChI=1S/C17H26FNO/c1-12-10-13(2)14(3)19(11-12)9-8-17(20)15-6-4-5-7-16(15)18/h4-7,12-14,17,20H,8-11H2,1-3H3. The molecule has 3 heteroatoms. The van der Waals surface area contributed by atoms with E-state index in [2.05, 4.69) is 25.7 Å². The zero-order chi connectivity index (χ0) is 14.7. The van der Waals surface area contributed by atoms with Gasteiger partial charge in [0.2, 0.25) is 0 Å². The molecule has 0 saturated carbocycles. The van der Waals surface area contributed by atoms with E-state index in [0.717, 1.165) is 13.1 Å². The molecule has 1 N–H and O–H groups in total. The minimum Gasteiger partial charge on any atom is -0.388 e. The smallest absolute Gasteiger partial charge is 0.128 e. The third-order valence-electron chi connectivity index (χ3n) is 4.67. The fourth-order valence-corrected chi connectivity index (χ4v) is 3.32. The van der Waals surface area contributed by atoms with E-state index in [9.17, 15) is 9.50 Å². The summed E-state index contributed by atoms with van der Waals surface area (Å²) in [6.07, 6.45) is 1.15. The lowest BCUT2D eigenvalue weighted by atomic mass is 9.86. The molecule has 1 aliphatic rings. The van der Waals surface area contributed by atoms with Crippen molar-refractivity contribution in [1.29, 1.82) is 0 Å². The van der Waals surface area contributed by atoms with E-state index in [1.54, 1.807) is 18.2 Å². The molecule has 2 rings (SSSR count). The lowest BCUT2D eigenvalue weighted by molar-refractivity contribution is 0.0592. The molecule has 1 saturated heterocycles. The third-order valence-corrected chi connectivity index (χ3v) is 4.67. The van der Waals surface area contributed by atoms with Gasteiger partial charge in [-0.1, -0.05) is 32.0 Å². The van der Waals surface area contributed by atoms with Crippen LogP contribution in [0.1, 0.15) is 45.3 Å². The first-order valence-electron chi connectivity index (χ1n) is 7.65. The van der Waals surface area contributed by atoms with E-state index in [0.29, 0.717) is 29.9 Å². The number of hydrogen-bond acceptors (Lipinski definition) is 2. The van der Waals surface area contributed by atoms with Gasteiger partial charge >= 0.3 is 0 Å². The minimum atomic E-state index is -0.712. The van der Waals surface area contributed by atoms with E-state index in [4.69, 9.17) is 0 Å². The molecule has 0 aliphatic carbocycles. The van der Waals surface area contributed by atoms with Crippen LogP contribution >= 0.6 is 0 Å². The van der Waals surface area contributed by atoms with Crippen LogP contribution in [0.15, 0.2) is 24.3 Å². The summed E-state index contributed by atoms with van der Waals surface area (Å²) in [6.45, 7) is 8.73. The van der Waals surface area contributed by atoms with E-state index < -0.39 is 6.10 Å². The molecule has 1 aromatic rings. The van der Waals surface area contributed by atoms with Crippen molar-refractivity contribution in [3.8, 4) is 0 Å². The van der Waals surface area contributed by atoms with Gasteiger partial charge in [0.25, 0.3) is 0 Å². The highest BCUT2D eigenvalue weighted by Crippen LogP contribution is 2.28. The second kappa shape index (κ2) is 6.68. The molecule has 1 fully saturated rings. The van der Waals surface area contributed by atoms with Crippen LogP contribution in [-0.2, 0) is 0 Å². The van der Waals surface area contributed by atoms with Gasteiger partial charge in [-0.25, -0.2) is 4.39 Å². The highest BCUT2D eigenvalue weighted by molar-refractivity contribution is 5.19. The Balaban J connectivity index is 1.93. The molecule has 112 valence electrons. The van der Waals surface area contributed by atoms with Gasteiger partial charge in [0.15, 0.2) is 0 Å². The van der Waals surface area contributed by atoms with Crippen molar-refractivity contribution in [2.45, 2.75) is 45.8 Å². The van der Waals surface area contributed by atoms with Crippen LogP contribution in [0.4, 0.5) is 4.39 Å². The molecule has 0 bridgehead atoms. The molecule has 4 unspecified atom stereocenters. The number of halogens is 1. The average Bonchev–Trinajstić information content (AvgIpc) is 2.41. The van der Waals surface area contributed by atoms with Crippen molar-refractivity contribution >= 4 is 0 Å². The van der Waals surface area contributed by atoms with Gasteiger partial charge in [-0.05, 0) is 37.7 Å². The molecule has 2 nitrogen and oxygen atoms in total. The van der Waals surface area contributed by atoms with Crippen molar-refractivity contribution in [3.05, 3.63) is 35.6 Å². The van der Waals surface area contributed by atoms with Crippen LogP contribution in [-0.4, -0.2) is 29.1 Å². The highest BCUT2D eigenvalue weighted by Gasteiger charge is 2.28. The Hall–Kier alpha value is -0.930. The largest absolute Gasteiger partial charge is 0.388 e. The highest BCUT2D eigenvalue weighted by atomic mass is 19.1. The summed E-state index contributed by atoms with van der Waals surface area (Å²) in [6, 6.07) is 7.05. The number of nitrogens with zero attached hydrogens (tertiary/aromatic N) is 1. The summed E-state index contributed by atoms with van der Waals surface area (Å²) in [5, 5.41) is 10.2. The maximum absolute atomic E-state index is 13.6. The van der Waals surface area contributed by atoms with Crippen molar-refractivity contribution in [1.82, 2.24) is 4.90 Å². The summed E-state index contributed by atoms with van der Waals surface area (Å²) < 4.78 is 13.6. The van der Waals surface area contributed by atoms with E-state index in [-0.39, 0.29) is 5.82 Å². The molecule has 1 heterocycles. The molecule has 0 amide bonds. The van der Waals surface area contributed by atoms with E-state index >= 15 is 0 Å². The average molecular weight is 279 g/mol. The lowest BCUT2D eigenvalue weighted by Gasteiger charge is -2.41. The molecule has 4 atom stereocenters. The normalized spacial score (nSPS) is 29.4. The van der Waals surface area contributed by atoms with E-state index in [1.807, 2.05) is 0 Å². The second-order valence-electron chi connectivity index (χ2n) is 6.38. The predicted molar refractivity (Wildman–Crippen MR) is 80.0 cm³/mol. The van der Waals surface area contributed by atoms with Crippen LogP contribution in [0.2, 0.25) is 0 Å². The molecule has 0 radical (unpaired) electrons. The number of piperidine rings is 1. The van der Waals surface area contributed by atoms with Gasteiger partial charge in [-0.2, -0.15) is 0 Å². The molecular formula is C17H26FNO. The number of hydrogen-bond donors (Lipinski definition) is 1. The summed E-state index contributed by atoms with van der Waals surface area (Å²) in [5.74, 6) is 1.07. The van der Waals surface area contributed by atoms with E-state index in [1.165, 1.54) is 12.5 Å². The zero-order valence-electron chi connectivity index (χ0n) is 12.7. The number of aliphatic hydroxyl groups excluding tert-OH is 1. The van der Waals surface area contributed by atoms with Crippen LogP contribution in [0.3, 0.4) is 0 Å². The monoisotopic (exact) mass is 279 g/mol. The van der Waals surface area contributed by atoms with Gasteiger partial charge < -0.3 is 10.0 Å². The topological polar surface area (TPSA) is 23.5 Å². The summed E-state index contributed by atoms with van der Waals surface area (Å²) in [5.41, 5.74) is 0.415. The molecule has 20 heavy (non-hydrogen) atoms. The molecule has 1 aromatic carbocycles. The van der Waals surface area contributed by atoms with Crippen molar-refractivity contribution in [2.75, 3.05) is 13.1 Å². The quantitative estimate of drug-likeness (QED) is 0.910.